The van der Waals surface area contributed by atoms with Gasteiger partial charge in [-0.2, -0.15) is 5.10 Å². The highest BCUT2D eigenvalue weighted by molar-refractivity contribution is 6.46. The standard InChI is InChI=1S/C11H8Cl3N3O2/c12-5-3-7(14)9(4-6(5)13)15-11(19)8-1-2-10(18)17-16-8/h3-4H,1-2H2,(H,15,19)(H,17,18). The Bertz CT molecular complexity index is 587. The van der Waals surface area contributed by atoms with Crippen molar-refractivity contribution in [2.75, 3.05) is 5.32 Å². The maximum absolute atomic E-state index is 11.9. The van der Waals surface area contributed by atoms with Gasteiger partial charge in [0.05, 0.1) is 20.8 Å². The fraction of sp³-hybridized carbons (Fsp3) is 0.182. The molecule has 0 fully saturated rings. The lowest BCUT2D eigenvalue weighted by molar-refractivity contribution is -0.121. The molecule has 1 aromatic carbocycles. The van der Waals surface area contributed by atoms with E-state index in [1.54, 1.807) is 0 Å². The van der Waals surface area contributed by atoms with Crippen LogP contribution < -0.4 is 10.7 Å². The summed E-state index contributed by atoms with van der Waals surface area (Å²) < 4.78 is 0. The zero-order valence-corrected chi connectivity index (χ0v) is 11.7. The molecule has 0 saturated carbocycles. The second kappa shape index (κ2) is 5.77. The predicted octanol–water partition coefficient (Wildman–Crippen LogP) is 2.85. The quantitative estimate of drug-likeness (QED) is 0.823. The van der Waals surface area contributed by atoms with E-state index in [1.165, 1.54) is 12.1 Å². The molecule has 19 heavy (non-hydrogen) atoms. The van der Waals surface area contributed by atoms with Crippen molar-refractivity contribution in [2.45, 2.75) is 12.8 Å². The zero-order valence-electron chi connectivity index (χ0n) is 9.47. The SMILES string of the molecule is O=C1CCC(C(=O)Nc2cc(Cl)c(Cl)cc2Cl)=NN1. The molecule has 8 heteroatoms. The molecule has 2 N–H and O–H groups in total. The van der Waals surface area contributed by atoms with E-state index in [9.17, 15) is 9.59 Å². The Morgan fingerprint density at radius 3 is 2.47 bits per heavy atom. The molecule has 0 bridgehead atoms. The number of carbonyl (C=O) groups excluding carboxylic acids is 2. The molecule has 2 amide bonds. The van der Waals surface area contributed by atoms with Crippen LogP contribution in [0.3, 0.4) is 0 Å². The fourth-order valence-electron chi connectivity index (χ4n) is 1.45. The van der Waals surface area contributed by atoms with Crippen LogP contribution >= 0.6 is 34.8 Å². The molecule has 1 aromatic rings. The first-order valence-electron chi connectivity index (χ1n) is 5.28. The molecule has 0 spiro atoms. The molecule has 1 aliphatic rings. The maximum atomic E-state index is 11.9. The third-order valence-electron chi connectivity index (χ3n) is 2.42. The minimum Gasteiger partial charge on any atom is -0.319 e. The number of anilines is 1. The van der Waals surface area contributed by atoms with Crippen molar-refractivity contribution in [1.29, 1.82) is 0 Å². The van der Waals surface area contributed by atoms with Gasteiger partial charge in [0.2, 0.25) is 5.91 Å². The van der Waals surface area contributed by atoms with Crippen molar-refractivity contribution in [3.63, 3.8) is 0 Å². The van der Waals surface area contributed by atoms with E-state index in [-0.39, 0.29) is 34.5 Å². The first-order valence-corrected chi connectivity index (χ1v) is 6.42. The number of carbonyl (C=O) groups is 2. The van der Waals surface area contributed by atoms with Gasteiger partial charge in [-0.1, -0.05) is 34.8 Å². The van der Waals surface area contributed by atoms with Gasteiger partial charge >= 0.3 is 0 Å². The van der Waals surface area contributed by atoms with E-state index in [0.717, 1.165) is 0 Å². The van der Waals surface area contributed by atoms with E-state index >= 15 is 0 Å². The summed E-state index contributed by atoms with van der Waals surface area (Å²) >= 11 is 17.6. The predicted molar refractivity (Wildman–Crippen MR) is 74.9 cm³/mol. The lowest BCUT2D eigenvalue weighted by atomic mass is 10.1. The van der Waals surface area contributed by atoms with Gasteiger partial charge in [-0.05, 0) is 12.1 Å². The van der Waals surface area contributed by atoms with Crippen LogP contribution in [-0.2, 0) is 9.59 Å². The molecule has 5 nitrogen and oxygen atoms in total. The minimum atomic E-state index is -0.444. The first-order chi connectivity index (χ1) is 8.97. The van der Waals surface area contributed by atoms with E-state index < -0.39 is 5.91 Å². The van der Waals surface area contributed by atoms with Crippen molar-refractivity contribution < 1.29 is 9.59 Å². The summed E-state index contributed by atoms with van der Waals surface area (Å²) in [6.45, 7) is 0. The lowest BCUT2D eigenvalue weighted by Gasteiger charge is -2.13. The Morgan fingerprint density at radius 2 is 1.84 bits per heavy atom. The summed E-state index contributed by atoms with van der Waals surface area (Å²) in [6, 6.07) is 2.89. The van der Waals surface area contributed by atoms with Gasteiger partial charge in [-0.25, -0.2) is 5.43 Å². The number of rotatable bonds is 2. The average molecular weight is 321 g/mol. The highest BCUT2D eigenvalue weighted by Crippen LogP contribution is 2.32. The maximum Gasteiger partial charge on any atom is 0.271 e. The molecule has 0 aromatic heterocycles. The summed E-state index contributed by atoms with van der Waals surface area (Å²) in [5.41, 5.74) is 2.80. The number of hydrazone groups is 1. The van der Waals surface area contributed by atoms with Gasteiger partial charge in [0.25, 0.3) is 5.91 Å². The Labute approximate surface area is 123 Å². The van der Waals surface area contributed by atoms with Crippen LogP contribution in [0.4, 0.5) is 5.69 Å². The largest absolute Gasteiger partial charge is 0.319 e. The summed E-state index contributed by atoms with van der Waals surface area (Å²) in [7, 11) is 0. The second-order valence-electron chi connectivity index (χ2n) is 3.79. The van der Waals surface area contributed by atoms with Gasteiger partial charge in [-0.3, -0.25) is 9.59 Å². The zero-order chi connectivity index (χ0) is 14.0. The van der Waals surface area contributed by atoms with E-state index in [1.807, 2.05) is 0 Å². The van der Waals surface area contributed by atoms with Crippen molar-refractivity contribution in [3.05, 3.63) is 27.2 Å². The number of hydrogen-bond acceptors (Lipinski definition) is 3. The molecule has 2 rings (SSSR count). The third kappa shape index (κ3) is 3.37. The van der Waals surface area contributed by atoms with Crippen LogP contribution in [0.5, 0.6) is 0 Å². The highest BCUT2D eigenvalue weighted by Gasteiger charge is 2.19. The average Bonchev–Trinajstić information content (AvgIpc) is 2.36. The number of nitrogens with zero attached hydrogens (tertiary/aromatic N) is 1. The van der Waals surface area contributed by atoms with Crippen LogP contribution in [0.25, 0.3) is 0 Å². The topological polar surface area (TPSA) is 70.6 Å². The molecule has 100 valence electrons. The number of benzene rings is 1. The van der Waals surface area contributed by atoms with Crippen molar-refractivity contribution in [1.82, 2.24) is 5.43 Å². The monoisotopic (exact) mass is 319 g/mol. The Morgan fingerprint density at radius 1 is 1.16 bits per heavy atom. The number of nitrogens with one attached hydrogen (secondary N) is 2. The molecule has 1 heterocycles. The van der Waals surface area contributed by atoms with Crippen LogP contribution in [0.15, 0.2) is 17.2 Å². The minimum absolute atomic E-state index is 0.218. The second-order valence-corrected chi connectivity index (χ2v) is 5.02. The third-order valence-corrected chi connectivity index (χ3v) is 3.46. The molecule has 0 saturated heterocycles. The summed E-state index contributed by atoms with van der Waals surface area (Å²) in [4.78, 5) is 22.8. The molecular weight excluding hydrogens is 312 g/mol. The highest BCUT2D eigenvalue weighted by atomic mass is 35.5. The van der Waals surface area contributed by atoms with Gasteiger partial charge < -0.3 is 5.32 Å². The van der Waals surface area contributed by atoms with Crippen LogP contribution in [-0.4, -0.2) is 17.5 Å². The Hall–Kier alpha value is -1.30. The molecule has 1 aliphatic heterocycles. The number of amides is 2. The van der Waals surface area contributed by atoms with E-state index in [4.69, 9.17) is 34.8 Å². The van der Waals surface area contributed by atoms with Crippen molar-refractivity contribution in [3.8, 4) is 0 Å². The van der Waals surface area contributed by atoms with Crippen molar-refractivity contribution >= 4 is 58.0 Å². The van der Waals surface area contributed by atoms with Crippen molar-refractivity contribution in [2.24, 2.45) is 5.10 Å². The van der Waals surface area contributed by atoms with Crippen LogP contribution in [0.2, 0.25) is 15.1 Å². The van der Waals surface area contributed by atoms with E-state index in [0.29, 0.717) is 10.7 Å². The molecular formula is C11H8Cl3N3O2. The smallest absolute Gasteiger partial charge is 0.271 e. The lowest BCUT2D eigenvalue weighted by Crippen LogP contribution is -2.32. The first kappa shape index (κ1) is 14.1. The molecule has 0 atom stereocenters. The fourth-order valence-corrected chi connectivity index (χ4v) is 2.04. The van der Waals surface area contributed by atoms with E-state index in [2.05, 4.69) is 15.8 Å². The molecule has 0 radical (unpaired) electrons. The normalized spacial score (nSPS) is 14.7. The van der Waals surface area contributed by atoms with Gasteiger partial charge in [-0.15, -0.1) is 0 Å². The summed E-state index contributed by atoms with van der Waals surface area (Å²) in [5.74, 6) is -0.663. The van der Waals surface area contributed by atoms with Gasteiger partial charge in [0.1, 0.15) is 5.71 Å². The molecule has 0 aliphatic carbocycles. The molecule has 0 unspecified atom stereocenters. The summed E-state index contributed by atoms with van der Waals surface area (Å²) in [5, 5.41) is 7.09. The Kier molecular flexibility index (Phi) is 4.29. The van der Waals surface area contributed by atoms with Crippen LogP contribution in [0.1, 0.15) is 12.8 Å². The van der Waals surface area contributed by atoms with Crippen LogP contribution in [0, 0.1) is 0 Å². The Balaban J connectivity index is 2.15. The van der Waals surface area contributed by atoms with Gasteiger partial charge in [0.15, 0.2) is 0 Å². The number of halogens is 3. The van der Waals surface area contributed by atoms with Gasteiger partial charge in [0, 0.05) is 12.8 Å². The number of hydrogen-bond donors (Lipinski definition) is 2. The summed E-state index contributed by atoms with van der Waals surface area (Å²) in [6.07, 6.45) is 0.498.